The SMILES string of the molecule is CC1Cc2ccccc2N1C(=O)CCN1C(=O)NC2(CCCCC2)C1=O. The van der Waals surface area contributed by atoms with Crippen LogP contribution in [0.25, 0.3) is 0 Å². The molecule has 2 heterocycles. The van der Waals surface area contributed by atoms with Gasteiger partial charge in [0.15, 0.2) is 0 Å². The highest BCUT2D eigenvalue weighted by Crippen LogP contribution is 2.35. The Morgan fingerprint density at radius 3 is 2.69 bits per heavy atom. The summed E-state index contributed by atoms with van der Waals surface area (Å²) in [5.41, 5.74) is 1.40. The molecule has 1 saturated heterocycles. The van der Waals surface area contributed by atoms with Crippen LogP contribution < -0.4 is 10.2 Å². The Bertz CT molecular complexity index is 754. The lowest BCUT2D eigenvalue weighted by Crippen LogP contribution is -2.48. The van der Waals surface area contributed by atoms with Crippen molar-refractivity contribution in [1.82, 2.24) is 10.2 Å². The summed E-state index contributed by atoms with van der Waals surface area (Å²) in [4.78, 5) is 41.0. The predicted molar refractivity (Wildman–Crippen MR) is 97.8 cm³/mol. The molecule has 6 heteroatoms. The van der Waals surface area contributed by atoms with Crippen molar-refractivity contribution in [3.63, 3.8) is 0 Å². The summed E-state index contributed by atoms with van der Waals surface area (Å²) in [6.07, 6.45) is 5.44. The van der Waals surface area contributed by atoms with E-state index in [0.29, 0.717) is 12.8 Å². The molecule has 0 aromatic heterocycles. The molecule has 4 rings (SSSR count). The van der Waals surface area contributed by atoms with Gasteiger partial charge in [0.05, 0.1) is 0 Å². The van der Waals surface area contributed by atoms with Gasteiger partial charge in [0.1, 0.15) is 5.54 Å². The molecule has 0 bridgehead atoms. The van der Waals surface area contributed by atoms with Gasteiger partial charge in [0.2, 0.25) is 5.91 Å². The summed E-state index contributed by atoms with van der Waals surface area (Å²) >= 11 is 0. The molecular formula is C20H25N3O3. The first kappa shape index (κ1) is 17.1. The van der Waals surface area contributed by atoms with Crippen LogP contribution in [0.4, 0.5) is 10.5 Å². The van der Waals surface area contributed by atoms with Gasteiger partial charge in [-0.1, -0.05) is 37.5 Å². The molecule has 1 saturated carbocycles. The standard InChI is InChI=1S/C20H25N3O3/c1-14-13-15-7-3-4-8-16(15)23(14)17(24)9-12-22-18(25)20(21-19(22)26)10-5-2-6-11-20/h3-4,7-8,14H,2,5-6,9-13H2,1H3,(H,21,26). The fourth-order valence-corrected chi connectivity index (χ4v) is 4.65. The van der Waals surface area contributed by atoms with E-state index in [1.807, 2.05) is 36.1 Å². The third kappa shape index (κ3) is 2.68. The van der Waals surface area contributed by atoms with Crippen LogP contribution in [0, 0.1) is 0 Å². The van der Waals surface area contributed by atoms with Crippen LogP contribution in [0.2, 0.25) is 0 Å². The number of hydrogen-bond acceptors (Lipinski definition) is 3. The zero-order valence-corrected chi connectivity index (χ0v) is 15.2. The molecule has 2 fully saturated rings. The number of anilines is 1. The van der Waals surface area contributed by atoms with Crippen LogP contribution in [-0.4, -0.2) is 40.9 Å². The van der Waals surface area contributed by atoms with Crippen LogP contribution in [0.1, 0.15) is 51.0 Å². The van der Waals surface area contributed by atoms with E-state index in [0.717, 1.165) is 31.4 Å². The van der Waals surface area contributed by atoms with E-state index in [1.165, 1.54) is 10.5 Å². The molecule has 1 aromatic carbocycles. The van der Waals surface area contributed by atoms with Crippen molar-refractivity contribution in [2.24, 2.45) is 0 Å². The monoisotopic (exact) mass is 355 g/mol. The number of nitrogens with zero attached hydrogens (tertiary/aromatic N) is 2. The van der Waals surface area contributed by atoms with Crippen LogP contribution in [0.15, 0.2) is 24.3 Å². The number of nitrogens with one attached hydrogen (secondary N) is 1. The minimum absolute atomic E-state index is 0.0346. The second kappa shape index (κ2) is 6.41. The van der Waals surface area contributed by atoms with Crippen LogP contribution in [-0.2, 0) is 16.0 Å². The maximum Gasteiger partial charge on any atom is 0.325 e. The van der Waals surface area contributed by atoms with Gasteiger partial charge in [-0.2, -0.15) is 0 Å². The van der Waals surface area contributed by atoms with E-state index >= 15 is 0 Å². The Morgan fingerprint density at radius 2 is 1.92 bits per heavy atom. The summed E-state index contributed by atoms with van der Waals surface area (Å²) in [7, 11) is 0. The number of carbonyl (C=O) groups excluding carboxylic acids is 3. The third-order valence-corrected chi connectivity index (χ3v) is 5.98. The van der Waals surface area contributed by atoms with Crippen molar-refractivity contribution in [3.8, 4) is 0 Å². The van der Waals surface area contributed by atoms with Gasteiger partial charge >= 0.3 is 6.03 Å². The topological polar surface area (TPSA) is 69.7 Å². The smallest absolute Gasteiger partial charge is 0.323 e. The predicted octanol–water partition coefficient (Wildman–Crippen LogP) is 2.61. The van der Waals surface area contributed by atoms with E-state index in [9.17, 15) is 14.4 Å². The molecule has 4 amide bonds. The number of amides is 4. The Morgan fingerprint density at radius 1 is 1.19 bits per heavy atom. The maximum absolute atomic E-state index is 12.8. The lowest BCUT2D eigenvalue weighted by molar-refractivity contribution is -0.132. The molecule has 0 radical (unpaired) electrons. The molecule has 1 spiro atoms. The van der Waals surface area contributed by atoms with Crippen molar-refractivity contribution < 1.29 is 14.4 Å². The van der Waals surface area contributed by atoms with Gasteiger partial charge < -0.3 is 10.2 Å². The largest absolute Gasteiger partial charge is 0.325 e. The molecular weight excluding hydrogens is 330 g/mol. The number of benzene rings is 1. The summed E-state index contributed by atoms with van der Waals surface area (Å²) < 4.78 is 0. The Kier molecular flexibility index (Phi) is 4.21. The molecule has 1 aromatic rings. The van der Waals surface area contributed by atoms with Gasteiger partial charge in [-0.15, -0.1) is 0 Å². The van der Waals surface area contributed by atoms with Gasteiger partial charge in [0, 0.05) is 24.7 Å². The highest BCUT2D eigenvalue weighted by Gasteiger charge is 2.51. The van der Waals surface area contributed by atoms with E-state index in [2.05, 4.69) is 5.32 Å². The summed E-state index contributed by atoms with van der Waals surface area (Å²) in [5, 5.41) is 2.90. The highest BCUT2D eigenvalue weighted by molar-refractivity contribution is 6.07. The van der Waals surface area contributed by atoms with E-state index in [-0.39, 0.29) is 36.9 Å². The second-order valence-electron chi connectivity index (χ2n) is 7.73. The van der Waals surface area contributed by atoms with Gasteiger partial charge in [-0.3, -0.25) is 14.5 Å². The first-order valence-corrected chi connectivity index (χ1v) is 9.56. The molecule has 1 aliphatic carbocycles. The second-order valence-corrected chi connectivity index (χ2v) is 7.73. The first-order chi connectivity index (χ1) is 12.5. The zero-order chi connectivity index (χ0) is 18.3. The van der Waals surface area contributed by atoms with Crippen molar-refractivity contribution >= 4 is 23.5 Å². The summed E-state index contributed by atoms with van der Waals surface area (Å²) in [6.45, 7) is 2.18. The Labute approximate surface area is 153 Å². The lowest BCUT2D eigenvalue weighted by atomic mass is 9.82. The van der Waals surface area contributed by atoms with Crippen LogP contribution in [0.3, 0.4) is 0 Å². The molecule has 6 nitrogen and oxygen atoms in total. The quantitative estimate of drug-likeness (QED) is 0.848. The fourth-order valence-electron chi connectivity index (χ4n) is 4.65. The Hall–Kier alpha value is -2.37. The van der Waals surface area contributed by atoms with Crippen LogP contribution >= 0.6 is 0 Å². The van der Waals surface area contributed by atoms with Crippen molar-refractivity contribution in [1.29, 1.82) is 0 Å². The maximum atomic E-state index is 12.8. The number of carbonyl (C=O) groups is 3. The normalized spacial score (nSPS) is 24.1. The van der Waals surface area contributed by atoms with Crippen LogP contribution in [0.5, 0.6) is 0 Å². The molecule has 138 valence electrons. The molecule has 1 unspecified atom stereocenters. The summed E-state index contributed by atoms with van der Waals surface area (Å²) in [5.74, 6) is -0.183. The molecule has 1 atom stereocenters. The van der Waals surface area contributed by atoms with Crippen molar-refractivity contribution in [3.05, 3.63) is 29.8 Å². The number of urea groups is 1. The van der Waals surface area contributed by atoms with E-state index in [1.54, 1.807) is 0 Å². The first-order valence-electron chi connectivity index (χ1n) is 9.56. The van der Waals surface area contributed by atoms with E-state index < -0.39 is 5.54 Å². The Balaban J connectivity index is 1.43. The van der Waals surface area contributed by atoms with Gasteiger partial charge in [-0.05, 0) is 37.8 Å². The van der Waals surface area contributed by atoms with Crippen molar-refractivity contribution in [2.75, 3.05) is 11.4 Å². The van der Waals surface area contributed by atoms with E-state index in [4.69, 9.17) is 0 Å². The molecule has 2 aliphatic heterocycles. The molecule has 1 N–H and O–H groups in total. The summed E-state index contributed by atoms with van der Waals surface area (Å²) in [6, 6.07) is 7.68. The van der Waals surface area contributed by atoms with Gasteiger partial charge in [-0.25, -0.2) is 4.79 Å². The van der Waals surface area contributed by atoms with Crippen molar-refractivity contribution in [2.45, 2.75) is 63.5 Å². The number of imide groups is 1. The number of hydrogen-bond donors (Lipinski definition) is 1. The average molecular weight is 355 g/mol. The highest BCUT2D eigenvalue weighted by atomic mass is 16.2. The minimum atomic E-state index is -0.716. The fraction of sp³-hybridized carbons (Fsp3) is 0.550. The number of rotatable bonds is 3. The third-order valence-electron chi connectivity index (χ3n) is 5.98. The minimum Gasteiger partial charge on any atom is -0.323 e. The molecule has 26 heavy (non-hydrogen) atoms. The molecule has 3 aliphatic rings. The van der Waals surface area contributed by atoms with Gasteiger partial charge in [0.25, 0.3) is 5.91 Å². The number of para-hydroxylation sites is 1. The number of fused-ring (bicyclic) bond motifs is 1. The lowest BCUT2D eigenvalue weighted by Gasteiger charge is -2.30. The zero-order valence-electron chi connectivity index (χ0n) is 15.2. The average Bonchev–Trinajstić information content (AvgIpc) is 3.08.